The van der Waals surface area contributed by atoms with Gasteiger partial charge in [-0.25, -0.2) is 0 Å². The molecule has 136 valence electrons. The fourth-order valence-corrected chi connectivity index (χ4v) is 3.52. The average Bonchev–Trinajstić information content (AvgIpc) is 2.62. The van der Waals surface area contributed by atoms with Gasteiger partial charge in [-0.05, 0) is 55.7 Å². The normalized spacial score (nSPS) is 11.7. The van der Waals surface area contributed by atoms with Gasteiger partial charge >= 0.3 is 0 Å². The van der Waals surface area contributed by atoms with Crippen LogP contribution in [0.3, 0.4) is 0 Å². The molecule has 4 heteroatoms. The molecule has 4 nitrogen and oxygen atoms in total. The second kappa shape index (κ2) is 8.43. The van der Waals surface area contributed by atoms with Crippen molar-refractivity contribution in [2.45, 2.75) is 53.4 Å². The summed E-state index contributed by atoms with van der Waals surface area (Å²) in [5.74, 6) is 0.0208. The molecule has 2 N–H and O–H groups in total. The number of carbonyl (C=O) groups excluding carboxylic acids is 1. The molecule has 0 aliphatic heterocycles. The van der Waals surface area contributed by atoms with Crippen molar-refractivity contribution in [1.29, 1.82) is 0 Å². The molecule has 0 aliphatic rings. The van der Waals surface area contributed by atoms with Crippen LogP contribution in [0, 0.1) is 19.3 Å². The molecule has 25 heavy (non-hydrogen) atoms. The van der Waals surface area contributed by atoms with Gasteiger partial charge in [0.1, 0.15) is 0 Å². The van der Waals surface area contributed by atoms with Crippen molar-refractivity contribution in [2.24, 2.45) is 5.41 Å². The first-order chi connectivity index (χ1) is 12.0. The molecule has 0 saturated heterocycles. The largest absolute Gasteiger partial charge is 0.396 e. The van der Waals surface area contributed by atoms with Gasteiger partial charge in [0.15, 0.2) is 0 Å². The van der Waals surface area contributed by atoms with E-state index in [1.54, 1.807) is 0 Å². The summed E-state index contributed by atoms with van der Waals surface area (Å²) in [5, 5.41) is 13.5. The molecule has 0 saturated carbocycles. The Morgan fingerprint density at radius 1 is 1.20 bits per heavy atom. The van der Waals surface area contributed by atoms with Crippen molar-refractivity contribution in [1.82, 2.24) is 10.3 Å². The zero-order valence-corrected chi connectivity index (χ0v) is 15.9. The van der Waals surface area contributed by atoms with Crippen molar-refractivity contribution < 1.29 is 9.90 Å². The number of carbonyl (C=O) groups is 1. The average molecular weight is 342 g/mol. The highest BCUT2D eigenvalue weighted by Gasteiger charge is 2.26. The molecule has 0 spiro atoms. The van der Waals surface area contributed by atoms with Crippen molar-refractivity contribution >= 4 is 16.8 Å². The second-order valence-electron chi connectivity index (χ2n) is 6.95. The van der Waals surface area contributed by atoms with E-state index in [1.165, 1.54) is 0 Å². The number of aryl methyl sites for hydroxylation is 2. The topological polar surface area (TPSA) is 62.2 Å². The highest BCUT2D eigenvalue weighted by atomic mass is 16.3. The van der Waals surface area contributed by atoms with Gasteiger partial charge < -0.3 is 10.4 Å². The number of aromatic nitrogens is 1. The number of hydrogen-bond donors (Lipinski definition) is 2. The third kappa shape index (κ3) is 4.37. The van der Waals surface area contributed by atoms with Gasteiger partial charge in [-0.3, -0.25) is 9.78 Å². The Morgan fingerprint density at radius 2 is 1.88 bits per heavy atom. The zero-order chi connectivity index (χ0) is 18.4. The minimum absolute atomic E-state index is 0.0177. The van der Waals surface area contributed by atoms with Crippen LogP contribution in [0.1, 0.15) is 49.9 Å². The molecule has 0 atom stereocenters. The lowest BCUT2D eigenvalue weighted by Gasteiger charge is -2.31. The van der Waals surface area contributed by atoms with E-state index in [1.807, 2.05) is 25.1 Å². The van der Waals surface area contributed by atoms with Crippen molar-refractivity contribution in [3.63, 3.8) is 0 Å². The zero-order valence-electron chi connectivity index (χ0n) is 15.9. The van der Waals surface area contributed by atoms with Crippen LogP contribution in [0.15, 0.2) is 24.3 Å². The summed E-state index contributed by atoms with van der Waals surface area (Å²) in [6, 6.07) is 8.04. The maximum absolute atomic E-state index is 12.5. The van der Waals surface area contributed by atoms with Crippen molar-refractivity contribution in [3.8, 4) is 0 Å². The second-order valence-corrected chi connectivity index (χ2v) is 6.95. The SMILES string of the molecule is CCC(CC)(CCO)CNC(=O)Cc1c(C)nc2ccccc2c1C. The maximum atomic E-state index is 12.5. The summed E-state index contributed by atoms with van der Waals surface area (Å²) < 4.78 is 0. The van der Waals surface area contributed by atoms with Gasteiger partial charge in [0.05, 0.1) is 11.9 Å². The highest BCUT2D eigenvalue weighted by Crippen LogP contribution is 2.29. The minimum atomic E-state index is -0.0177. The lowest BCUT2D eigenvalue weighted by molar-refractivity contribution is -0.121. The summed E-state index contributed by atoms with van der Waals surface area (Å²) >= 11 is 0. The fourth-order valence-electron chi connectivity index (χ4n) is 3.52. The number of nitrogens with zero attached hydrogens (tertiary/aromatic N) is 1. The smallest absolute Gasteiger partial charge is 0.224 e. The number of nitrogens with one attached hydrogen (secondary N) is 1. The molecule has 0 aliphatic carbocycles. The van der Waals surface area contributed by atoms with Crippen LogP contribution in [-0.2, 0) is 11.2 Å². The summed E-state index contributed by atoms with van der Waals surface area (Å²) in [6.07, 6.45) is 2.95. The van der Waals surface area contributed by atoms with Crippen LogP contribution >= 0.6 is 0 Å². The summed E-state index contributed by atoms with van der Waals surface area (Å²) in [4.78, 5) is 17.2. The van der Waals surface area contributed by atoms with Crippen LogP contribution in [0.2, 0.25) is 0 Å². The molecule has 0 radical (unpaired) electrons. The third-order valence-corrected chi connectivity index (χ3v) is 5.63. The monoisotopic (exact) mass is 342 g/mol. The third-order valence-electron chi connectivity index (χ3n) is 5.63. The van der Waals surface area contributed by atoms with Crippen molar-refractivity contribution in [2.75, 3.05) is 13.2 Å². The summed E-state index contributed by atoms with van der Waals surface area (Å²) in [5.41, 5.74) is 4.01. The van der Waals surface area contributed by atoms with Gasteiger partial charge in [-0.2, -0.15) is 0 Å². The Kier molecular flexibility index (Phi) is 6.54. The van der Waals surface area contributed by atoms with Gasteiger partial charge in [-0.15, -0.1) is 0 Å². The highest BCUT2D eigenvalue weighted by molar-refractivity contribution is 5.86. The van der Waals surface area contributed by atoms with Gasteiger partial charge in [0.25, 0.3) is 0 Å². The minimum Gasteiger partial charge on any atom is -0.396 e. The first kappa shape index (κ1) is 19.4. The van der Waals surface area contributed by atoms with E-state index in [0.29, 0.717) is 13.0 Å². The molecule has 1 aromatic carbocycles. The van der Waals surface area contributed by atoms with Crippen LogP contribution in [-0.4, -0.2) is 29.1 Å². The van der Waals surface area contributed by atoms with Gasteiger partial charge in [0, 0.05) is 24.2 Å². The standard InChI is InChI=1S/C21H30N2O2/c1-5-21(6-2,11-12-24)14-22-20(25)13-18-15(3)17-9-7-8-10-19(17)23-16(18)4/h7-10,24H,5-6,11-14H2,1-4H3,(H,22,25). The quantitative estimate of drug-likeness (QED) is 0.769. The lowest BCUT2D eigenvalue weighted by atomic mass is 9.79. The molecule has 0 bridgehead atoms. The molecular weight excluding hydrogens is 312 g/mol. The molecule has 2 aromatic rings. The first-order valence-electron chi connectivity index (χ1n) is 9.18. The number of rotatable bonds is 8. The Bertz CT molecular complexity index is 736. The number of pyridine rings is 1. The fraction of sp³-hybridized carbons (Fsp3) is 0.524. The van der Waals surface area contributed by atoms with E-state index < -0.39 is 0 Å². The van der Waals surface area contributed by atoms with E-state index in [9.17, 15) is 9.90 Å². The van der Waals surface area contributed by atoms with Crippen LogP contribution in [0.5, 0.6) is 0 Å². The molecule has 0 unspecified atom stereocenters. The Balaban J connectivity index is 2.14. The Hall–Kier alpha value is -1.94. The van der Waals surface area contributed by atoms with Crippen molar-refractivity contribution in [3.05, 3.63) is 41.1 Å². The van der Waals surface area contributed by atoms with Gasteiger partial charge in [0.2, 0.25) is 5.91 Å². The van der Waals surface area contributed by atoms with Crippen LogP contribution < -0.4 is 5.32 Å². The number of aliphatic hydroxyl groups is 1. The molecule has 1 aromatic heterocycles. The Labute approximate surface area is 150 Å². The van der Waals surface area contributed by atoms with E-state index in [4.69, 9.17) is 0 Å². The maximum Gasteiger partial charge on any atom is 0.224 e. The predicted octanol–water partition coefficient (Wildman–Crippen LogP) is 3.70. The molecule has 0 fully saturated rings. The molecule has 2 rings (SSSR count). The number of amides is 1. The molecule has 1 amide bonds. The predicted molar refractivity (Wildman–Crippen MR) is 103 cm³/mol. The summed E-state index contributed by atoms with van der Waals surface area (Å²) in [7, 11) is 0. The number of hydrogen-bond acceptors (Lipinski definition) is 3. The van der Waals surface area contributed by atoms with Crippen LogP contribution in [0.25, 0.3) is 10.9 Å². The molecular formula is C21H30N2O2. The first-order valence-corrected chi connectivity index (χ1v) is 9.18. The molecule has 1 heterocycles. The van der Waals surface area contributed by atoms with E-state index >= 15 is 0 Å². The van der Waals surface area contributed by atoms with Gasteiger partial charge in [-0.1, -0.05) is 32.0 Å². The van der Waals surface area contributed by atoms with E-state index in [2.05, 4.69) is 37.1 Å². The number of para-hydroxylation sites is 1. The number of aliphatic hydroxyl groups excluding tert-OH is 1. The number of benzene rings is 1. The van der Waals surface area contributed by atoms with E-state index in [-0.39, 0.29) is 17.9 Å². The summed E-state index contributed by atoms with van der Waals surface area (Å²) in [6.45, 7) is 9.03. The van der Waals surface area contributed by atoms with E-state index in [0.717, 1.165) is 47.0 Å². The lowest BCUT2D eigenvalue weighted by Crippen LogP contribution is -2.38. The Morgan fingerprint density at radius 3 is 2.52 bits per heavy atom. The number of fused-ring (bicyclic) bond motifs is 1. The van der Waals surface area contributed by atoms with Crippen LogP contribution in [0.4, 0.5) is 0 Å².